The zero-order valence-corrected chi connectivity index (χ0v) is 22.8. The van der Waals surface area contributed by atoms with Crippen molar-refractivity contribution in [3.63, 3.8) is 0 Å². The van der Waals surface area contributed by atoms with Gasteiger partial charge in [-0.3, -0.25) is 19.3 Å². The molecule has 5 rings (SSSR count). The molecule has 2 saturated heterocycles. The van der Waals surface area contributed by atoms with E-state index in [-0.39, 0.29) is 22.1 Å². The molecule has 0 spiro atoms. The number of rotatable bonds is 8. The van der Waals surface area contributed by atoms with Crippen molar-refractivity contribution in [3.05, 3.63) is 93.6 Å². The number of thioether (sulfide) groups is 1. The van der Waals surface area contributed by atoms with E-state index in [9.17, 15) is 18.8 Å². The molecule has 0 bridgehead atoms. The molecule has 3 aromatic carbocycles. The van der Waals surface area contributed by atoms with Crippen molar-refractivity contribution in [1.29, 1.82) is 0 Å². The summed E-state index contributed by atoms with van der Waals surface area (Å²) in [5.74, 6) is -0.976. The standard InChI is InChI=1S/C29H25ClFN3O5S/c30-24-2-1-3-25(31)23(24)18-39-22-10-4-19(5-11-22)16-26-28(36)34(29(37)40-26)17-27(35)32-20-6-8-21(9-7-20)33-12-14-38-15-13-33/h1-11,16H,12-15,17-18H2,(H,32,35)/b26-16-. The second-order valence-corrected chi connectivity index (χ2v) is 10.4. The normalized spacial score (nSPS) is 16.5. The summed E-state index contributed by atoms with van der Waals surface area (Å²) in [6.07, 6.45) is 1.57. The molecule has 0 unspecified atom stereocenters. The lowest BCUT2D eigenvalue weighted by Crippen LogP contribution is -2.36. The maximum atomic E-state index is 13.9. The number of morpholine rings is 1. The third kappa shape index (κ3) is 6.64. The smallest absolute Gasteiger partial charge is 0.294 e. The van der Waals surface area contributed by atoms with E-state index in [4.69, 9.17) is 21.1 Å². The minimum Gasteiger partial charge on any atom is -0.489 e. The zero-order valence-electron chi connectivity index (χ0n) is 21.3. The second-order valence-electron chi connectivity index (χ2n) is 9.02. The summed E-state index contributed by atoms with van der Waals surface area (Å²) >= 11 is 6.81. The van der Waals surface area contributed by atoms with E-state index >= 15 is 0 Å². The van der Waals surface area contributed by atoms with Crippen LogP contribution in [-0.2, 0) is 20.9 Å². The molecule has 0 aromatic heterocycles. The molecule has 8 nitrogen and oxygen atoms in total. The van der Waals surface area contributed by atoms with Crippen LogP contribution in [0.15, 0.2) is 71.6 Å². The quantitative estimate of drug-likeness (QED) is 0.348. The van der Waals surface area contributed by atoms with Gasteiger partial charge in [-0.25, -0.2) is 4.39 Å². The lowest BCUT2D eigenvalue weighted by molar-refractivity contribution is -0.127. The predicted octanol–water partition coefficient (Wildman–Crippen LogP) is 5.57. The van der Waals surface area contributed by atoms with Crippen LogP contribution in [0.25, 0.3) is 6.08 Å². The topological polar surface area (TPSA) is 88.2 Å². The third-order valence-corrected chi connectivity index (χ3v) is 7.59. The molecule has 0 radical (unpaired) electrons. The van der Waals surface area contributed by atoms with E-state index in [1.165, 1.54) is 12.1 Å². The summed E-state index contributed by atoms with van der Waals surface area (Å²) in [6, 6.07) is 18.6. The lowest BCUT2D eigenvalue weighted by atomic mass is 10.2. The predicted molar refractivity (Wildman–Crippen MR) is 153 cm³/mol. The van der Waals surface area contributed by atoms with Crippen LogP contribution in [-0.4, -0.2) is 54.8 Å². The average Bonchev–Trinajstić information content (AvgIpc) is 3.21. The Bertz CT molecular complexity index is 1420. The number of amides is 3. The van der Waals surface area contributed by atoms with E-state index in [0.717, 1.165) is 35.4 Å². The first kappa shape index (κ1) is 27.7. The number of ether oxygens (including phenoxy) is 2. The van der Waals surface area contributed by atoms with Crippen molar-refractivity contribution < 1.29 is 28.2 Å². The van der Waals surface area contributed by atoms with Crippen LogP contribution in [0, 0.1) is 5.82 Å². The molecule has 0 aliphatic carbocycles. The monoisotopic (exact) mass is 581 g/mol. The van der Waals surface area contributed by atoms with Crippen LogP contribution in [0.1, 0.15) is 11.1 Å². The summed E-state index contributed by atoms with van der Waals surface area (Å²) in [6.45, 7) is 2.54. The number of hydrogen-bond donors (Lipinski definition) is 1. The van der Waals surface area contributed by atoms with Crippen molar-refractivity contribution in [1.82, 2.24) is 4.90 Å². The third-order valence-electron chi connectivity index (χ3n) is 6.33. The highest BCUT2D eigenvalue weighted by atomic mass is 35.5. The Hall–Kier alpha value is -3.86. The molecule has 0 atom stereocenters. The Labute approximate surface area is 239 Å². The van der Waals surface area contributed by atoms with E-state index in [1.807, 2.05) is 12.1 Å². The Morgan fingerprint density at radius 3 is 2.48 bits per heavy atom. The molecule has 2 aliphatic rings. The van der Waals surface area contributed by atoms with Crippen molar-refractivity contribution in [2.24, 2.45) is 0 Å². The molecule has 3 amide bonds. The number of nitrogens with zero attached hydrogens (tertiary/aromatic N) is 2. The van der Waals surface area contributed by atoms with Crippen LogP contribution in [0.5, 0.6) is 5.75 Å². The molecule has 206 valence electrons. The second kappa shape index (κ2) is 12.5. The minimum atomic E-state index is -0.540. The van der Waals surface area contributed by atoms with Crippen LogP contribution >= 0.6 is 23.4 Å². The van der Waals surface area contributed by atoms with Crippen LogP contribution in [0.4, 0.5) is 20.6 Å². The van der Waals surface area contributed by atoms with Gasteiger partial charge in [0.25, 0.3) is 11.1 Å². The van der Waals surface area contributed by atoms with Crippen molar-refractivity contribution in [2.75, 3.05) is 43.1 Å². The van der Waals surface area contributed by atoms with Gasteiger partial charge in [-0.05, 0) is 71.9 Å². The van der Waals surface area contributed by atoms with E-state index in [1.54, 1.807) is 48.5 Å². The molecule has 40 heavy (non-hydrogen) atoms. The number of carbonyl (C=O) groups is 3. The Morgan fingerprint density at radius 2 is 1.77 bits per heavy atom. The van der Waals surface area contributed by atoms with Crippen molar-refractivity contribution >= 4 is 57.9 Å². The van der Waals surface area contributed by atoms with E-state index in [0.29, 0.717) is 30.2 Å². The molecule has 0 saturated carbocycles. The maximum absolute atomic E-state index is 13.9. The molecule has 2 fully saturated rings. The van der Waals surface area contributed by atoms with Crippen LogP contribution in [0.2, 0.25) is 5.02 Å². The molecule has 1 N–H and O–H groups in total. The Morgan fingerprint density at radius 1 is 1.05 bits per heavy atom. The highest BCUT2D eigenvalue weighted by Crippen LogP contribution is 2.32. The molecular weight excluding hydrogens is 557 g/mol. The van der Waals surface area contributed by atoms with Gasteiger partial charge < -0.3 is 19.7 Å². The van der Waals surface area contributed by atoms with E-state index < -0.39 is 29.4 Å². The first-order chi connectivity index (χ1) is 19.4. The molecule has 3 aromatic rings. The Balaban J connectivity index is 1.15. The van der Waals surface area contributed by atoms with E-state index in [2.05, 4.69) is 10.2 Å². The first-order valence-corrected chi connectivity index (χ1v) is 13.7. The van der Waals surface area contributed by atoms with Crippen LogP contribution in [0.3, 0.4) is 0 Å². The van der Waals surface area contributed by atoms with Gasteiger partial charge in [-0.1, -0.05) is 29.8 Å². The number of benzene rings is 3. The molecular formula is C29H25ClFN3O5S. The van der Waals surface area contributed by atoms with Gasteiger partial charge in [0, 0.05) is 30.0 Å². The fourth-order valence-electron chi connectivity index (χ4n) is 4.19. The largest absolute Gasteiger partial charge is 0.489 e. The maximum Gasteiger partial charge on any atom is 0.294 e. The fourth-order valence-corrected chi connectivity index (χ4v) is 5.25. The minimum absolute atomic E-state index is 0.0379. The number of halogens is 2. The molecule has 11 heteroatoms. The zero-order chi connectivity index (χ0) is 28.1. The SMILES string of the molecule is O=C(CN1C(=O)S/C(=C\c2ccc(OCc3c(F)cccc3Cl)cc2)C1=O)Nc1ccc(N2CCOCC2)cc1. The number of hydrogen-bond acceptors (Lipinski definition) is 7. The Kier molecular flexibility index (Phi) is 8.69. The highest BCUT2D eigenvalue weighted by Gasteiger charge is 2.36. The highest BCUT2D eigenvalue weighted by molar-refractivity contribution is 8.18. The average molecular weight is 582 g/mol. The lowest BCUT2D eigenvalue weighted by Gasteiger charge is -2.28. The number of carbonyl (C=O) groups excluding carboxylic acids is 3. The summed E-state index contributed by atoms with van der Waals surface area (Å²) < 4.78 is 24.9. The van der Waals surface area contributed by atoms with Crippen molar-refractivity contribution in [3.8, 4) is 5.75 Å². The van der Waals surface area contributed by atoms with Gasteiger partial charge in [0.05, 0.1) is 23.1 Å². The fraction of sp³-hybridized carbons (Fsp3) is 0.207. The summed E-state index contributed by atoms with van der Waals surface area (Å²) in [4.78, 5) is 41.3. The van der Waals surface area contributed by atoms with Crippen molar-refractivity contribution in [2.45, 2.75) is 6.61 Å². The summed E-state index contributed by atoms with van der Waals surface area (Å²) in [7, 11) is 0. The summed E-state index contributed by atoms with van der Waals surface area (Å²) in [5.41, 5.74) is 2.53. The molecule has 2 heterocycles. The molecule has 2 aliphatic heterocycles. The van der Waals surface area contributed by atoms with Gasteiger partial charge >= 0.3 is 0 Å². The van der Waals surface area contributed by atoms with Gasteiger partial charge in [-0.2, -0.15) is 0 Å². The van der Waals surface area contributed by atoms with Gasteiger partial charge in [0.1, 0.15) is 24.7 Å². The van der Waals surface area contributed by atoms with Gasteiger partial charge in [0.15, 0.2) is 0 Å². The first-order valence-electron chi connectivity index (χ1n) is 12.5. The number of anilines is 2. The summed E-state index contributed by atoms with van der Waals surface area (Å²) in [5, 5.41) is 2.50. The van der Waals surface area contributed by atoms with Gasteiger partial charge in [-0.15, -0.1) is 0 Å². The number of imide groups is 1. The number of nitrogens with one attached hydrogen (secondary N) is 1. The van der Waals surface area contributed by atoms with Crippen LogP contribution < -0.4 is 15.0 Å². The van der Waals surface area contributed by atoms with Gasteiger partial charge in [0.2, 0.25) is 5.91 Å².